The number of rotatable bonds is 2. The van der Waals surface area contributed by atoms with Gasteiger partial charge in [0.1, 0.15) is 0 Å². The lowest BCUT2D eigenvalue weighted by Crippen LogP contribution is -1.93. The quantitative estimate of drug-likeness (QED) is 0.841. The Kier molecular flexibility index (Phi) is 2.27. The van der Waals surface area contributed by atoms with Crippen LogP contribution >= 0.6 is 0 Å². The van der Waals surface area contributed by atoms with Crippen LogP contribution in [0.2, 0.25) is 0 Å². The highest BCUT2D eigenvalue weighted by Gasteiger charge is 2.22. The molecule has 0 radical (unpaired) electrons. The summed E-state index contributed by atoms with van der Waals surface area (Å²) < 4.78 is 5.21. The van der Waals surface area contributed by atoms with Crippen molar-refractivity contribution in [3.05, 3.63) is 18.0 Å². The smallest absolute Gasteiger partial charge is 0.242 e. The van der Waals surface area contributed by atoms with E-state index in [1.54, 1.807) is 13.3 Å². The van der Waals surface area contributed by atoms with E-state index < -0.39 is 0 Å². The van der Waals surface area contributed by atoms with Crippen molar-refractivity contribution in [2.75, 3.05) is 7.11 Å². The van der Waals surface area contributed by atoms with Gasteiger partial charge in [0.15, 0.2) is 5.52 Å². The summed E-state index contributed by atoms with van der Waals surface area (Å²) in [7, 11) is 1.63. The van der Waals surface area contributed by atoms with E-state index in [-0.39, 0.29) is 0 Å². The molecular formula is C12H15N3O. The fraction of sp³-hybridized carbons (Fsp3) is 0.500. The van der Waals surface area contributed by atoms with E-state index in [9.17, 15) is 0 Å². The van der Waals surface area contributed by atoms with Crippen LogP contribution < -0.4 is 4.74 Å². The van der Waals surface area contributed by atoms with Crippen LogP contribution in [0.1, 0.15) is 37.3 Å². The highest BCUT2D eigenvalue weighted by atomic mass is 16.5. The zero-order chi connectivity index (χ0) is 11.0. The number of H-pyrrole nitrogens is 1. The Labute approximate surface area is 94.0 Å². The minimum absolute atomic E-state index is 0.609. The molecule has 0 bridgehead atoms. The predicted octanol–water partition coefficient (Wildman–Crippen LogP) is 2.62. The van der Waals surface area contributed by atoms with E-state index >= 15 is 0 Å². The molecule has 0 unspecified atom stereocenters. The largest absolute Gasteiger partial charge is 0.479 e. The maximum atomic E-state index is 5.21. The zero-order valence-corrected chi connectivity index (χ0v) is 9.36. The lowest BCUT2D eigenvalue weighted by atomic mass is 10.0. The van der Waals surface area contributed by atoms with Gasteiger partial charge in [0.05, 0.1) is 7.11 Å². The van der Waals surface area contributed by atoms with Gasteiger partial charge in [0, 0.05) is 23.2 Å². The molecule has 4 heteroatoms. The summed E-state index contributed by atoms with van der Waals surface area (Å²) in [5, 5.41) is 8.65. The number of aromatic nitrogens is 3. The fourth-order valence-electron chi connectivity index (χ4n) is 2.61. The predicted molar refractivity (Wildman–Crippen MR) is 61.6 cm³/mol. The lowest BCUT2D eigenvalue weighted by molar-refractivity contribution is 0.402. The molecule has 0 aromatic carbocycles. The maximum absolute atomic E-state index is 5.21. The monoisotopic (exact) mass is 217 g/mol. The summed E-state index contributed by atoms with van der Waals surface area (Å²) >= 11 is 0. The van der Waals surface area contributed by atoms with Crippen LogP contribution in [-0.2, 0) is 0 Å². The van der Waals surface area contributed by atoms with Crippen molar-refractivity contribution in [2.45, 2.75) is 31.6 Å². The van der Waals surface area contributed by atoms with Crippen LogP contribution in [0.5, 0.6) is 5.88 Å². The van der Waals surface area contributed by atoms with Crippen molar-refractivity contribution < 1.29 is 4.74 Å². The van der Waals surface area contributed by atoms with E-state index in [0.29, 0.717) is 11.8 Å². The number of nitrogens with one attached hydrogen (secondary N) is 1. The van der Waals surface area contributed by atoms with Crippen molar-refractivity contribution >= 4 is 10.9 Å². The summed E-state index contributed by atoms with van der Waals surface area (Å²) in [5.74, 6) is 1.25. The van der Waals surface area contributed by atoms with E-state index in [0.717, 1.165) is 5.52 Å². The van der Waals surface area contributed by atoms with Gasteiger partial charge in [0.25, 0.3) is 0 Å². The van der Waals surface area contributed by atoms with Gasteiger partial charge in [-0.3, -0.25) is 5.10 Å². The standard InChI is InChI=1S/C12H15N3O/c1-16-12-11-9(6-7-13-12)10(14-15-11)8-4-2-3-5-8/h6-8H,2-5H2,1H3,(H,14,15). The van der Waals surface area contributed by atoms with Crippen LogP contribution in [0.4, 0.5) is 0 Å². The second-order valence-electron chi connectivity index (χ2n) is 4.34. The van der Waals surface area contributed by atoms with Crippen molar-refractivity contribution in [1.29, 1.82) is 0 Å². The summed E-state index contributed by atoms with van der Waals surface area (Å²) in [5.41, 5.74) is 2.11. The molecule has 2 aromatic rings. The Balaban J connectivity index is 2.12. The maximum Gasteiger partial charge on any atom is 0.242 e. The van der Waals surface area contributed by atoms with E-state index in [2.05, 4.69) is 15.2 Å². The summed E-state index contributed by atoms with van der Waals surface area (Å²) in [6, 6.07) is 2.02. The van der Waals surface area contributed by atoms with Gasteiger partial charge in [-0.2, -0.15) is 5.10 Å². The third-order valence-corrected chi connectivity index (χ3v) is 3.43. The third-order valence-electron chi connectivity index (χ3n) is 3.43. The first-order chi connectivity index (χ1) is 7.90. The van der Waals surface area contributed by atoms with Crippen LogP contribution in [0.25, 0.3) is 10.9 Å². The molecule has 0 aliphatic heterocycles. The van der Waals surface area contributed by atoms with E-state index in [4.69, 9.17) is 4.74 Å². The highest BCUT2D eigenvalue weighted by molar-refractivity contribution is 5.85. The molecule has 2 aromatic heterocycles. The summed E-state index contributed by atoms with van der Waals surface area (Å²) in [4.78, 5) is 4.16. The van der Waals surface area contributed by atoms with Gasteiger partial charge < -0.3 is 4.74 Å². The molecule has 4 nitrogen and oxygen atoms in total. The van der Waals surface area contributed by atoms with Crippen molar-refractivity contribution in [3.8, 4) is 5.88 Å². The first-order valence-corrected chi connectivity index (χ1v) is 5.77. The Morgan fingerprint density at radius 2 is 2.19 bits per heavy atom. The first kappa shape index (κ1) is 9.63. The van der Waals surface area contributed by atoms with Gasteiger partial charge >= 0.3 is 0 Å². The fourth-order valence-corrected chi connectivity index (χ4v) is 2.61. The second kappa shape index (κ2) is 3.77. The van der Waals surface area contributed by atoms with Crippen molar-refractivity contribution in [1.82, 2.24) is 15.2 Å². The SMILES string of the molecule is COc1nccc2c(C3CCCC3)[nH]nc12. The Bertz CT molecular complexity index is 500. The van der Waals surface area contributed by atoms with Gasteiger partial charge in [-0.05, 0) is 18.9 Å². The molecule has 84 valence electrons. The summed E-state index contributed by atoms with van der Waals surface area (Å²) in [6.07, 6.45) is 6.97. The van der Waals surface area contributed by atoms with E-state index in [1.807, 2.05) is 6.07 Å². The number of nitrogens with zero attached hydrogens (tertiary/aromatic N) is 2. The van der Waals surface area contributed by atoms with Crippen LogP contribution in [-0.4, -0.2) is 22.3 Å². The molecule has 3 rings (SSSR count). The van der Waals surface area contributed by atoms with Gasteiger partial charge in [-0.1, -0.05) is 12.8 Å². The van der Waals surface area contributed by atoms with Crippen molar-refractivity contribution in [3.63, 3.8) is 0 Å². The Morgan fingerprint density at radius 1 is 1.38 bits per heavy atom. The third kappa shape index (κ3) is 1.37. The molecule has 1 aliphatic rings. The number of hydrogen-bond donors (Lipinski definition) is 1. The molecule has 16 heavy (non-hydrogen) atoms. The average Bonchev–Trinajstić information content (AvgIpc) is 2.96. The number of ether oxygens (including phenoxy) is 1. The van der Waals surface area contributed by atoms with Gasteiger partial charge in [-0.15, -0.1) is 0 Å². The van der Waals surface area contributed by atoms with Crippen LogP contribution in [0.3, 0.4) is 0 Å². The lowest BCUT2D eigenvalue weighted by Gasteiger charge is -2.06. The zero-order valence-electron chi connectivity index (χ0n) is 9.36. The Morgan fingerprint density at radius 3 is 2.94 bits per heavy atom. The highest BCUT2D eigenvalue weighted by Crippen LogP contribution is 2.37. The number of fused-ring (bicyclic) bond motifs is 1. The van der Waals surface area contributed by atoms with E-state index in [1.165, 1.54) is 36.8 Å². The molecule has 0 saturated heterocycles. The minimum Gasteiger partial charge on any atom is -0.479 e. The number of hydrogen-bond acceptors (Lipinski definition) is 3. The minimum atomic E-state index is 0.609. The molecule has 1 fully saturated rings. The van der Waals surface area contributed by atoms with Crippen LogP contribution in [0.15, 0.2) is 12.3 Å². The van der Waals surface area contributed by atoms with Crippen LogP contribution in [0, 0.1) is 0 Å². The number of methoxy groups -OCH3 is 1. The number of aromatic amines is 1. The molecule has 0 atom stereocenters. The number of pyridine rings is 1. The molecule has 0 spiro atoms. The Hall–Kier alpha value is -1.58. The normalized spacial score (nSPS) is 17.1. The average molecular weight is 217 g/mol. The van der Waals surface area contributed by atoms with Gasteiger partial charge in [-0.25, -0.2) is 4.98 Å². The van der Waals surface area contributed by atoms with Crippen molar-refractivity contribution in [2.24, 2.45) is 0 Å². The molecule has 1 N–H and O–H groups in total. The molecule has 0 amide bonds. The van der Waals surface area contributed by atoms with Gasteiger partial charge in [0.2, 0.25) is 5.88 Å². The molecule has 1 aliphatic carbocycles. The molecule has 2 heterocycles. The molecule has 1 saturated carbocycles. The topological polar surface area (TPSA) is 50.8 Å². The summed E-state index contributed by atoms with van der Waals surface area (Å²) in [6.45, 7) is 0. The first-order valence-electron chi connectivity index (χ1n) is 5.77. The second-order valence-corrected chi connectivity index (χ2v) is 4.34. The molecular weight excluding hydrogens is 202 g/mol.